The van der Waals surface area contributed by atoms with Crippen LogP contribution in [0.4, 0.5) is 0 Å². The van der Waals surface area contributed by atoms with E-state index in [1.807, 2.05) is 24.3 Å². The van der Waals surface area contributed by atoms with Crippen molar-refractivity contribution in [1.29, 1.82) is 0 Å². The highest BCUT2D eigenvalue weighted by molar-refractivity contribution is 5.92. The highest BCUT2D eigenvalue weighted by Gasteiger charge is 2.31. The second-order valence-corrected chi connectivity index (χ2v) is 4.57. The Morgan fingerprint density at radius 1 is 1.56 bits per heavy atom. The highest BCUT2D eigenvalue weighted by atomic mass is 16.2. The molecule has 1 aliphatic rings. The minimum absolute atomic E-state index is 0.0128. The van der Waals surface area contributed by atoms with Crippen LogP contribution in [0.1, 0.15) is 34.9 Å². The van der Waals surface area contributed by atoms with Crippen molar-refractivity contribution in [2.45, 2.75) is 18.9 Å². The summed E-state index contributed by atoms with van der Waals surface area (Å²) in [6, 6.07) is 1.84. The standard InChI is InChI=1S/C12H15N5O/c1-16-8-9(7-14-16)11-3-2-6-17(11)12(18)10-4-5-13-15-10/h4-5,7-8,11H,2-3,6H2,1H3,(H,13,15)/t11-/m1/s1. The molecule has 2 aromatic heterocycles. The zero-order valence-electron chi connectivity index (χ0n) is 10.2. The Kier molecular flexibility index (Phi) is 2.62. The Balaban J connectivity index is 1.85. The van der Waals surface area contributed by atoms with Gasteiger partial charge in [0.1, 0.15) is 5.69 Å². The molecule has 0 bridgehead atoms. The average Bonchev–Trinajstić information content (AvgIpc) is 3.09. The summed E-state index contributed by atoms with van der Waals surface area (Å²) in [6.07, 6.45) is 7.43. The summed E-state index contributed by atoms with van der Waals surface area (Å²) in [7, 11) is 1.89. The van der Waals surface area contributed by atoms with Crippen LogP contribution in [0.3, 0.4) is 0 Å². The Morgan fingerprint density at radius 3 is 3.11 bits per heavy atom. The third-order valence-corrected chi connectivity index (χ3v) is 3.35. The van der Waals surface area contributed by atoms with E-state index in [0.717, 1.165) is 24.9 Å². The fraction of sp³-hybridized carbons (Fsp3) is 0.417. The fourth-order valence-electron chi connectivity index (χ4n) is 2.50. The highest BCUT2D eigenvalue weighted by Crippen LogP contribution is 2.32. The van der Waals surface area contributed by atoms with Crippen LogP contribution in [0.25, 0.3) is 0 Å². The molecule has 18 heavy (non-hydrogen) atoms. The summed E-state index contributed by atoms with van der Waals surface area (Å²) >= 11 is 0. The predicted molar refractivity (Wildman–Crippen MR) is 64.8 cm³/mol. The first-order valence-electron chi connectivity index (χ1n) is 6.04. The molecule has 6 nitrogen and oxygen atoms in total. The maximum absolute atomic E-state index is 12.3. The van der Waals surface area contributed by atoms with Gasteiger partial charge in [0.05, 0.1) is 12.2 Å². The summed E-state index contributed by atoms with van der Waals surface area (Å²) in [5.41, 5.74) is 1.65. The smallest absolute Gasteiger partial charge is 0.272 e. The van der Waals surface area contributed by atoms with Gasteiger partial charge >= 0.3 is 0 Å². The minimum Gasteiger partial charge on any atom is -0.330 e. The summed E-state index contributed by atoms with van der Waals surface area (Å²) in [6.45, 7) is 0.789. The van der Waals surface area contributed by atoms with Crippen LogP contribution in [-0.2, 0) is 7.05 Å². The molecule has 0 saturated carbocycles. The molecule has 1 amide bonds. The number of aryl methyl sites for hydroxylation is 1. The lowest BCUT2D eigenvalue weighted by Gasteiger charge is -2.23. The molecule has 2 aromatic rings. The lowest BCUT2D eigenvalue weighted by atomic mass is 10.1. The molecular formula is C12H15N5O. The quantitative estimate of drug-likeness (QED) is 0.862. The Labute approximate surface area is 105 Å². The van der Waals surface area contributed by atoms with Gasteiger partial charge in [0.25, 0.3) is 5.91 Å². The summed E-state index contributed by atoms with van der Waals surface area (Å²) in [5.74, 6) is 0.0128. The van der Waals surface area contributed by atoms with Gasteiger partial charge in [-0.15, -0.1) is 0 Å². The van der Waals surface area contributed by atoms with Crippen LogP contribution in [0, 0.1) is 0 Å². The van der Waals surface area contributed by atoms with Gasteiger partial charge in [0.15, 0.2) is 0 Å². The topological polar surface area (TPSA) is 66.8 Å². The van der Waals surface area contributed by atoms with E-state index >= 15 is 0 Å². The van der Waals surface area contributed by atoms with Crippen LogP contribution in [-0.4, -0.2) is 37.3 Å². The van der Waals surface area contributed by atoms with E-state index in [-0.39, 0.29) is 11.9 Å². The van der Waals surface area contributed by atoms with Crippen molar-refractivity contribution in [2.24, 2.45) is 7.05 Å². The molecule has 1 atom stereocenters. The molecule has 1 saturated heterocycles. The molecule has 3 heterocycles. The maximum Gasteiger partial charge on any atom is 0.272 e. The van der Waals surface area contributed by atoms with E-state index in [4.69, 9.17) is 0 Å². The van der Waals surface area contributed by atoms with Crippen molar-refractivity contribution in [3.05, 3.63) is 35.9 Å². The predicted octanol–water partition coefficient (Wildman–Crippen LogP) is 1.12. The zero-order chi connectivity index (χ0) is 12.5. The molecule has 0 spiro atoms. The average molecular weight is 245 g/mol. The molecule has 6 heteroatoms. The third kappa shape index (κ3) is 1.79. The summed E-state index contributed by atoms with van der Waals surface area (Å²) < 4.78 is 1.77. The van der Waals surface area contributed by atoms with Gasteiger partial charge in [-0.2, -0.15) is 10.2 Å². The number of hydrogen-bond acceptors (Lipinski definition) is 3. The first-order valence-corrected chi connectivity index (χ1v) is 6.04. The molecule has 0 unspecified atom stereocenters. The Morgan fingerprint density at radius 2 is 2.44 bits per heavy atom. The van der Waals surface area contributed by atoms with E-state index < -0.39 is 0 Å². The second-order valence-electron chi connectivity index (χ2n) is 4.57. The number of aromatic amines is 1. The van der Waals surface area contributed by atoms with Crippen LogP contribution in [0.5, 0.6) is 0 Å². The van der Waals surface area contributed by atoms with Gasteiger partial charge in [-0.3, -0.25) is 14.6 Å². The second kappa shape index (κ2) is 4.29. The zero-order valence-corrected chi connectivity index (χ0v) is 10.2. The number of hydrogen-bond donors (Lipinski definition) is 1. The number of likely N-dealkylation sites (tertiary alicyclic amines) is 1. The summed E-state index contributed by atoms with van der Waals surface area (Å²) in [4.78, 5) is 14.2. The molecule has 1 aliphatic heterocycles. The van der Waals surface area contributed by atoms with Crippen molar-refractivity contribution in [3.63, 3.8) is 0 Å². The number of carbonyl (C=O) groups excluding carboxylic acids is 1. The molecular weight excluding hydrogens is 230 g/mol. The van der Waals surface area contributed by atoms with Crippen LogP contribution in [0.15, 0.2) is 24.7 Å². The van der Waals surface area contributed by atoms with E-state index in [1.165, 1.54) is 0 Å². The number of nitrogens with zero attached hydrogens (tertiary/aromatic N) is 4. The summed E-state index contributed by atoms with van der Waals surface area (Å²) in [5, 5.41) is 10.7. The van der Waals surface area contributed by atoms with Crippen molar-refractivity contribution >= 4 is 5.91 Å². The molecule has 94 valence electrons. The van der Waals surface area contributed by atoms with Gasteiger partial charge in [-0.05, 0) is 18.9 Å². The fourth-order valence-corrected chi connectivity index (χ4v) is 2.50. The molecule has 0 radical (unpaired) electrons. The minimum atomic E-state index is 0.0128. The Bertz CT molecular complexity index is 545. The number of H-pyrrole nitrogens is 1. The first-order chi connectivity index (χ1) is 8.75. The van der Waals surface area contributed by atoms with Gasteiger partial charge in [0, 0.05) is 31.5 Å². The lowest BCUT2D eigenvalue weighted by Crippen LogP contribution is -2.30. The van der Waals surface area contributed by atoms with Gasteiger partial charge in [-0.25, -0.2) is 0 Å². The van der Waals surface area contributed by atoms with Crippen LogP contribution in [0.2, 0.25) is 0 Å². The van der Waals surface area contributed by atoms with Crippen molar-refractivity contribution < 1.29 is 4.79 Å². The third-order valence-electron chi connectivity index (χ3n) is 3.35. The van der Waals surface area contributed by atoms with Gasteiger partial charge in [-0.1, -0.05) is 0 Å². The van der Waals surface area contributed by atoms with E-state index in [0.29, 0.717) is 5.69 Å². The number of nitrogens with one attached hydrogen (secondary N) is 1. The normalized spacial score (nSPS) is 19.4. The number of amides is 1. The van der Waals surface area contributed by atoms with E-state index in [9.17, 15) is 4.79 Å². The lowest BCUT2D eigenvalue weighted by molar-refractivity contribution is 0.0729. The van der Waals surface area contributed by atoms with E-state index in [1.54, 1.807) is 16.9 Å². The van der Waals surface area contributed by atoms with Crippen LogP contribution >= 0.6 is 0 Å². The molecule has 3 rings (SSSR count). The Hall–Kier alpha value is -2.11. The SMILES string of the molecule is Cn1cc([C@H]2CCCN2C(=O)c2ccn[nH]2)cn1. The van der Waals surface area contributed by atoms with Crippen molar-refractivity contribution in [3.8, 4) is 0 Å². The van der Waals surface area contributed by atoms with Gasteiger partial charge < -0.3 is 4.90 Å². The number of aromatic nitrogens is 4. The van der Waals surface area contributed by atoms with Crippen LogP contribution < -0.4 is 0 Å². The van der Waals surface area contributed by atoms with Crippen molar-refractivity contribution in [2.75, 3.05) is 6.54 Å². The molecule has 1 N–H and O–H groups in total. The van der Waals surface area contributed by atoms with Crippen molar-refractivity contribution in [1.82, 2.24) is 24.9 Å². The first kappa shape index (κ1) is 11.0. The number of carbonyl (C=O) groups is 1. The largest absolute Gasteiger partial charge is 0.330 e. The maximum atomic E-state index is 12.3. The molecule has 0 aliphatic carbocycles. The molecule has 1 fully saturated rings. The number of rotatable bonds is 2. The molecule has 0 aromatic carbocycles. The van der Waals surface area contributed by atoms with E-state index in [2.05, 4.69) is 15.3 Å². The monoisotopic (exact) mass is 245 g/mol. The van der Waals surface area contributed by atoms with Gasteiger partial charge in [0.2, 0.25) is 0 Å².